The molecule has 0 aromatic heterocycles. The Morgan fingerprint density at radius 1 is 0.958 bits per heavy atom. The van der Waals surface area contributed by atoms with E-state index in [9.17, 15) is 5.11 Å². The molecular formula is C21H29BrNO+. The van der Waals surface area contributed by atoms with Crippen LogP contribution in [0.25, 0.3) is 0 Å². The molecule has 2 unspecified atom stereocenters. The lowest BCUT2D eigenvalue weighted by Gasteiger charge is -2.42. The van der Waals surface area contributed by atoms with E-state index in [4.69, 9.17) is 0 Å². The maximum atomic E-state index is 10.4. The average molecular weight is 391 g/mol. The zero-order valence-electron chi connectivity index (χ0n) is 15.1. The minimum absolute atomic E-state index is 0.204. The number of alkyl halides is 1. The fourth-order valence-electron chi connectivity index (χ4n) is 3.22. The van der Waals surface area contributed by atoms with Crippen LogP contribution in [0.1, 0.15) is 44.2 Å². The number of hydrogen-bond donors (Lipinski definition) is 1. The summed E-state index contributed by atoms with van der Waals surface area (Å²) in [5.74, 6) is 0.590. The number of quaternary nitrogens is 1. The Balaban J connectivity index is 2.33. The molecule has 2 nitrogen and oxygen atoms in total. The van der Waals surface area contributed by atoms with Gasteiger partial charge in [-0.2, -0.15) is 0 Å². The molecule has 0 radical (unpaired) electrons. The minimum Gasteiger partial charge on any atom is -0.508 e. The van der Waals surface area contributed by atoms with Crippen molar-refractivity contribution in [3.63, 3.8) is 0 Å². The number of nitrogens with zero attached hydrogens (tertiary/aromatic N) is 1. The monoisotopic (exact) mass is 390 g/mol. The Kier molecular flexibility index (Phi) is 6.47. The fourth-order valence-corrected chi connectivity index (χ4v) is 3.90. The molecule has 2 aromatic carbocycles. The molecule has 2 rings (SSSR count). The number of para-hydroxylation sites is 1. The van der Waals surface area contributed by atoms with Gasteiger partial charge >= 0.3 is 0 Å². The van der Waals surface area contributed by atoms with Gasteiger partial charge in [0.15, 0.2) is 0 Å². The predicted molar refractivity (Wildman–Crippen MR) is 106 cm³/mol. The number of phenolic OH excluding ortho intramolecular Hbond substituents is 1. The Morgan fingerprint density at radius 2 is 1.54 bits per heavy atom. The molecule has 2 aromatic rings. The lowest BCUT2D eigenvalue weighted by molar-refractivity contribution is -0.936. The highest BCUT2D eigenvalue weighted by molar-refractivity contribution is 9.09. The largest absolute Gasteiger partial charge is 0.508 e. The van der Waals surface area contributed by atoms with E-state index in [-0.39, 0.29) is 5.92 Å². The van der Waals surface area contributed by atoms with Crippen molar-refractivity contribution in [1.29, 1.82) is 0 Å². The summed E-state index contributed by atoms with van der Waals surface area (Å²) in [6, 6.07) is 18.8. The van der Waals surface area contributed by atoms with E-state index < -0.39 is 0 Å². The molecule has 0 heterocycles. The summed E-state index contributed by atoms with van der Waals surface area (Å²) < 4.78 is 0.955. The number of benzene rings is 2. The maximum absolute atomic E-state index is 10.4. The Morgan fingerprint density at radius 3 is 2.08 bits per heavy atom. The van der Waals surface area contributed by atoms with Crippen LogP contribution in [0.15, 0.2) is 54.6 Å². The number of phenols is 1. The average Bonchev–Trinajstić information content (AvgIpc) is 2.57. The van der Waals surface area contributed by atoms with Gasteiger partial charge in [0, 0.05) is 17.9 Å². The lowest BCUT2D eigenvalue weighted by Crippen LogP contribution is -2.54. The fraction of sp³-hybridized carbons (Fsp3) is 0.429. The molecule has 0 amide bonds. The van der Waals surface area contributed by atoms with Gasteiger partial charge in [-0.25, -0.2) is 0 Å². The maximum Gasteiger partial charge on any atom is 0.141 e. The van der Waals surface area contributed by atoms with E-state index in [1.165, 1.54) is 5.56 Å². The molecule has 24 heavy (non-hydrogen) atoms. The van der Waals surface area contributed by atoms with Crippen LogP contribution in [-0.4, -0.2) is 34.2 Å². The Bertz CT molecular complexity index is 631. The SMILES string of the molecule is CC(C)[N+](C)(CC[C@@H](c1ccccc1)c1ccccc1O)C(C)Br. The Labute approximate surface area is 154 Å². The molecule has 3 atom stereocenters. The van der Waals surface area contributed by atoms with Crippen LogP contribution in [0, 0.1) is 0 Å². The number of halogens is 1. The molecule has 0 saturated carbocycles. The van der Waals surface area contributed by atoms with E-state index in [0.717, 1.165) is 23.0 Å². The summed E-state index contributed by atoms with van der Waals surface area (Å²) in [5, 5.41) is 10.4. The van der Waals surface area contributed by atoms with E-state index in [1.807, 2.05) is 24.3 Å². The Hall–Kier alpha value is -1.32. The summed E-state index contributed by atoms with van der Waals surface area (Å²) in [5.41, 5.74) is 2.28. The van der Waals surface area contributed by atoms with Gasteiger partial charge in [-0.1, -0.05) is 48.5 Å². The normalized spacial score (nSPS) is 16.6. The summed E-state index contributed by atoms with van der Waals surface area (Å²) in [7, 11) is 2.30. The molecule has 0 fully saturated rings. The quantitative estimate of drug-likeness (QED) is 0.375. The van der Waals surface area contributed by atoms with Crippen LogP contribution >= 0.6 is 15.9 Å². The number of aromatic hydroxyl groups is 1. The van der Waals surface area contributed by atoms with E-state index in [2.05, 4.69) is 68.0 Å². The molecule has 1 N–H and O–H groups in total. The molecule has 0 bridgehead atoms. The second-order valence-electron chi connectivity index (χ2n) is 7.05. The predicted octanol–water partition coefficient (Wildman–Crippen LogP) is 5.51. The van der Waals surface area contributed by atoms with Gasteiger partial charge in [-0.15, -0.1) is 0 Å². The van der Waals surface area contributed by atoms with Gasteiger partial charge in [0.2, 0.25) is 0 Å². The second-order valence-corrected chi connectivity index (χ2v) is 8.37. The third-order valence-corrected chi connectivity index (χ3v) is 6.34. The van der Waals surface area contributed by atoms with Crippen molar-refractivity contribution in [3.05, 3.63) is 65.7 Å². The highest BCUT2D eigenvalue weighted by atomic mass is 79.9. The molecule has 0 aliphatic carbocycles. The smallest absolute Gasteiger partial charge is 0.141 e. The van der Waals surface area contributed by atoms with E-state index in [1.54, 1.807) is 6.07 Å². The zero-order chi connectivity index (χ0) is 17.7. The highest BCUT2D eigenvalue weighted by Crippen LogP contribution is 2.35. The third kappa shape index (κ3) is 4.20. The van der Waals surface area contributed by atoms with Gasteiger partial charge in [0.25, 0.3) is 0 Å². The van der Waals surface area contributed by atoms with Crippen LogP contribution in [0.3, 0.4) is 0 Å². The number of hydrogen-bond acceptors (Lipinski definition) is 1. The first kappa shape index (κ1) is 19.0. The van der Waals surface area contributed by atoms with Gasteiger partial charge in [-0.05, 0) is 48.3 Å². The molecule has 0 aliphatic heterocycles. The first-order valence-corrected chi connectivity index (χ1v) is 9.59. The summed E-state index contributed by atoms with van der Waals surface area (Å²) in [6.45, 7) is 7.81. The van der Waals surface area contributed by atoms with Crippen molar-refractivity contribution in [1.82, 2.24) is 0 Å². The van der Waals surface area contributed by atoms with Crippen molar-refractivity contribution >= 4 is 15.9 Å². The van der Waals surface area contributed by atoms with Gasteiger partial charge < -0.3 is 9.59 Å². The summed E-state index contributed by atoms with van der Waals surface area (Å²) in [4.78, 5) is 0.387. The topological polar surface area (TPSA) is 20.2 Å². The standard InChI is InChI=1S/C21H28BrNO/c1-16(2)23(4,17(3)22)15-14-19(18-10-6-5-7-11-18)20-12-8-9-13-21(20)24/h5-13,16-17,19H,14-15H2,1-4H3/p+1/t17?,19-,23?/m0/s1. The molecule has 130 valence electrons. The van der Waals surface area contributed by atoms with Crippen molar-refractivity contribution in [2.45, 2.75) is 44.1 Å². The molecule has 0 spiro atoms. The lowest BCUT2D eigenvalue weighted by atomic mass is 9.87. The zero-order valence-corrected chi connectivity index (χ0v) is 16.7. The third-order valence-electron chi connectivity index (χ3n) is 5.41. The van der Waals surface area contributed by atoms with Gasteiger partial charge in [0.05, 0.1) is 19.6 Å². The van der Waals surface area contributed by atoms with Crippen LogP contribution in [-0.2, 0) is 0 Å². The highest BCUT2D eigenvalue weighted by Gasteiger charge is 2.32. The van der Waals surface area contributed by atoms with Gasteiger partial charge in [-0.3, -0.25) is 0 Å². The van der Waals surface area contributed by atoms with Crippen LogP contribution < -0.4 is 0 Å². The van der Waals surface area contributed by atoms with E-state index >= 15 is 0 Å². The summed E-state index contributed by atoms with van der Waals surface area (Å²) in [6.07, 6.45) is 0.992. The summed E-state index contributed by atoms with van der Waals surface area (Å²) >= 11 is 3.80. The first-order chi connectivity index (χ1) is 11.4. The van der Waals surface area contributed by atoms with E-state index in [0.29, 0.717) is 16.7 Å². The molecule has 0 aliphatic rings. The van der Waals surface area contributed by atoms with Crippen molar-refractivity contribution in [3.8, 4) is 5.75 Å². The van der Waals surface area contributed by atoms with Crippen LogP contribution in [0.4, 0.5) is 0 Å². The molecular weight excluding hydrogens is 362 g/mol. The van der Waals surface area contributed by atoms with Crippen molar-refractivity contribution in [2.75, 3.05) is 13.6 Å². The molecule has 3 heteroatoms. The first-order valence-electron chi connectivity index (χ1n) is 8.68. The van der Waals surface area contributed by atoms with Gasteiger partial charge in [0.1, 0.15) is 10.7 Å². The molecule has 0 saturated heterocycles. The number of rotatable bonds is 7. The van der Waals surface area contributed by atoms with Crippen molar-refractivity contribution in [2.24, 2.45) is 0 Å². The minimum atomic E-state index is 0.204. The second kappa shape index (κ2) is 8.17. The van der Waals surface area contributed by atoms with Crippen LogP contribution in [0.5, 0.6) is 5.75 Å². The van der Waals surface area contributed by atoms with Crippen molar-refractivity contribution < 1.29 is 9.59 Å². The van der Waals surface area contributed by atoms with Crippen LogP contribution in [0.2, 0.25) is 0 Å².